The predicted molar refractivity (Wildman–Crippen MR) is 90.1 cm³/mol. The predicted octanol–water partition coefficient (Wildman–Crippen LogP) is 2.17. The number of carbonyl (C=O) groups excluding carboxylic acids is 1. The van der Waals surface area contributed by atoms with Crippen molar-refractivity contribution in [2.24, 2.45) is 0 Å². The molecule has 2 saturated heterocycles. The molecule has 1 N–H and O–H groups in total. The number of aromatic nitrogens is 4. The molecule has 29 heavy (non-hydrogen) atoms. The third kappa shape index (κ3) is 4.16. The molecule has 0 radical (unpaired) electrons. The van der Waals surface area contributed by atoms with E-state index in [2.05, 4.69) is 20.6 Å². The summed E-state index contributed by atoms with van der Waals surface area (Å²) in [6.07, 6.45) is -4.10. The second-order valence-electron chi connectivity index (χ2n) is 7.14. The monoisotopic (exact) mass is 414 g/mol. The summed E-state index contributed by atoms with van der Waals surface area (Å²) >= 11 is 0. The number of H-pyrrole nitrogens is 1. The van der Waals surface area contributed by atoms with Gasteiger partial charge in [-0.15, -0.1) is 5.10 Å². The normalized spacial score (nSPS) is 20.2. The van der Waals surface area contributed by atoms with Crippen LogP contribution in [-0.2, 0) is 17.5 Å². The van der Waals surface area contributed by atoms with E-state index in [1.54, 1.807) is 9.80 Å². The largest absolute Gasteiger partial charge is 0.416 e. The van der Waals surface area contributed by atoms with Crippen LogP contribution in [-0.4, -0.2) is 68.7 Å². The Morgan fingerprint density at radius 2 is 2.03 bits per heavy atom. The summed E-state index contributed by atoms with van der Waals surface area (Å²) in [4.78, 5) is 15.9. The van der Waals surface area contributed by atoms with Crippen molar-refractivity contribution in [2.75, 3.05) is 26.2 Å². The Kier molecular flexibility index (Phi) is 5.11. The number of halogens is 4. The molecule has 2 aromatic rings. The van der Waals surface area contributed by atoms with Crippen molar-refractivity contribution in [3.63, 3.8) is 0 Å². The maximum Gasteiger partial charge on any atom is 0.416 e. The molecule has 2 fully saturated rings. The first-order valence-electron chi connectivity index (χ1n) is 9.06. The Hall–Kier alpha value is -2.76. The molecule has 1 aromatic heterocycles. The standard InChI is InChI=1S/C17H18F4N6O2/c18-14-5-12(17(19,20)21)2-1-11(14)9-29-13-7-27(8-13)16(28)26-4-3-10(6-26)15-22-24-25-23-15/h1-2,5,10,13H,3-4,6-9H2,(H,22,23,24,25). The summed E-state index contributed by atoms with van der Waals surface area (Å²) < 4.78 is 57.1. The van der Waals surface area contributed by atoms with Crippen LogP contribution in [0.4, 0.5) is 22.4 Å². The van der Waals surface area contributed by atoms with Gasteiger partial charge in [0, 0.05) is 24.6 Å². The molecule has 2 amide bonds. The number of urea groups is 1. The zero-order chi connectivity index (χ0) is 20.6. The van der Waals surface area contributed by atoms with E-state index < -0.39 is 17.6 Å². The smallest absolute Gasteiger partial charge is 0.370 e. The van der Waals surface area contributed by atoms with E-state index in [1.165, 1.54) is 0 Å². The molecule has 0 bridgehead atoms. The number of ether oxygens (including phenoxy) is 1. The second-order valence-corrected chi connectivity index (χ2v) is 7.14. The second kappa shape index (κ2) is 7.58. The Labute approximate surface area is 162 Å². The minimum absolute atomic E-state index is 0.0471. The average Bonchev–Trinajstić information content (AvgIpc) is 3.31. The Morgan fingerprint density at radius 1 is 1.24 bits per heavy atom. The molecule has 2 aliphatic rings. The SMILES string of the molecule is O=C(N1CC(OCc2ccc(C(F)(F)F)cc2F)C1)N1CCC(c2nnn[nH]2)C1. The van der Waals surface area contributed by atoms with Crippen LogP contribution in [0.15, 0.2) is 18.2 Å². The number of likely N-dealkylation sites (tertiary alicyclic amines) is 2. The van der Waals surface area contributed by atoms with Crippen LogP contribution in [0, 0.1) is 5.82 Å². The van der Waals surface area contributed by atoms with Gasteiger partial charge >= 0.3 is 12.2 Å². The number of tetrazole rings is 1. The lowest BCUT2D eigenvalue weighted by molar-refractivity contribution is -0.137. The number of rotatable bonds is 4. The number of hydrogen-bond donors (Lipinski definition) is 1. The van der Waals surface area contributed by atoms with Gasteiger partial charge in [-0.2, -0.15) is 13.2 Å². The van der Waals surface area contributed by atoms with E-state index in [0.717, 1.165) is 18.6 Å². The summed E-state index contributed by atoms with van der Waals surface area (Å²) in [5.74, 6) is -0.231. The first-order valence-corrected chi connectivity index (χ1v) is 9.06. The zero-order valence-corrected chi connectivity index (χ0v) is 15.2. The van der Waals surface area contributed by atoms with Crippen LogP contribution >= 0.6 is 0 Å². The Bertz CT molecular complexity index is 869. The summed E-state index contributed by atoms with van der Waals surface area (Å²) in [6, 6.07) is 2.25. The first-order chi connectivity index (χ1) is 13.8. The molecule has 0 saturated carbocycles. The van der Waals surface area contributed by atoms with Crippen molar-refractivity contribution < 1.29 is 27.1 Å². The zero-order valence-electron chi connectivity index (χ0n) is 15.2. The van der Waals surface area contributed by atoms with Gasteiger partial charge in [-0.3, -0.25) is 0 Å². The maximum absolute atomic E-state index is 13.8. The van der Waals surface area contributed by atoms with Gasteiger partial charge in [0.15, 0.2) is 5.82 Å². The minimum atomic E-state index is -4.59. The van der Waals surface area contributed by atoms with E-state index in [1.807, 2.05) is 0 Å². The molecule has 2 aliphatic heterocycles. The number of nitrogens with zero attached hydrogens (tertiary/aromatic N) is 5. The molecule has 0 aliphatic carbocycles. The Morgan fingerprint density at radius 3 is 2.69 bits per heavy atom. The fourth-order valence-electron chi connectivity index (χ4n) is 3.44. The van der Waals surface area contributed by atoms with Crippen LogP contribution in [0.25, 0.3) is 0 Å². The molecule has 0 spiro atoms. The molecule has 1 aromatic carbocycles. The summed E-state index contributed by atoms with van der Waals surface area (Å²) in [6.45, 7) is 1.68. The number of aromatic amines is 1. The topological polar surface area (TPSA) is 87.2 Å². The molecule has 4 rings (SSSR count). The van der Waals surface area contributed by atoms with Crippen molar-refractivity contribution in [3.8, 4) is 0 Å². The van der Waals surface area contributed by atoms with Gasteiger partial charge in [-0.05, 0) is 29.0 Å². The van der Waals surface area contributed by atoms with E-state index in [0.29, 0.717) is 38.1 Å². The van der Waals surface area contributed by atoms with Crippen LogP contribution < -0.4 is 0 Å². The lowest BCUT2D eigenvalue weighted by Gasteiger charge is -2.40. The summed E-state index contributed by atoms with van der Waals surface area (Å²) in [7, 11) is 0. The van der Waals surface area contributed by atoms with E-state index >= 15 is 0 Å². The van der Waals surface area contributed by atoms with Gasteiger partial charge < -0.3 is 14.5 Å². The van der Waals surface area contributed by atoms with Crippen LogP contribution in [0.3, 0.4) is 0 Å². The molecule has 8 nitrogen and oxygen atoms in total. The maximum atomic E-state index is 13.8. The quantitative estimate of drug-likeness (QED) is 0.775. The van der Waals surface area contributed by atoms with Gasteiger partial charge in [0.05, 0.1) is 31.4 Å². The first kappa shape index (κ1) is 19.6. The number of alkyl halides is 3. The molecule has 1 atom stereocenters. The molecule has 3 heterocycles. The number of nitrogens with one attached hydrogen (secondary N) is 1. The number of amides is 2. The molecule has 12 heteroatoms. The molecule has 1 unspecified atom stereocenters. The summed E-state index contributed by atoms with van der Waals surface area (Å²) in [5.41, 5.74) is -0.991. The van der Waals surface area contributed by atoms with Crippen LogP contribution in [0.5, 0.6) is 0 Å². The van der Waals surface area contributed by atoms with E-state index in [9.17, 15) is 22.4 Å². The lowest BCUT2D eigenvalue weighted by Crippen LogP contribution is -2.58. The highest BCUT2D eigenvalue weighted by molar-refractivity contribution is 5.75. The number of benzene rings is 1. The number of carbonyl (C=O) groups is 1. The van der Waals surface area contributed by atoms with Crippen molar-refractivity contribution in [3.05, 3.63) is 41.0 Å². The van der Waals surface area contributed by atoms with Gasteiger partial charge in [0.25, 0.3) is 0 Å². The van der Waals surface area contributed by atoms with Crippen molar-refractivity contribution >= 4 is 6.03 Å². The molecule has 156 valence electrons. The van der Waals surface area contributed by atoms with E-state index in [4.69, 9.17) is 4.74 Å². The Balaban J connectivity index is 1.23. The lowest BCUT2D eigenvalue weighted by atomic mass is 10.1. The van der Waals surface area contributed by atoms with Gasteiger partial charge in [0.1, 0.15) is 5.82 Å². The minimum Gasteiger partial charge on any atom is -0.370 e. The van der Waals surface area contributed by atoms with Gasteiger partial charge in [-0.25, -0.2) is 14.3 Å². The van der Waals surface area contributed by atoms with Gasteiger partial charge in [0.2, 0.25) is 0 Å². The highest BCUT2D eigenvalue weighted by Gasteiger charge is 2.38. The van der Waals surface area contributed by atoms with Crippen molar-refractivity contribution in [2.45, 2.75) is 31.2 Å². The summed E-state index contributed by atoms with van der Waals surface area (Å²) in [5, 5.41) is 13.7. The van der Waals surface area contributed by atoms with Crippen molar-refractivity contribution in [1.82, 2.24) is 30.4 Å². The van der Waals surface area contributed by atoms with Crippen LogP contribution in [0.1, 0.15) is 29.3 Å². The average molecular weight is 414 g/mol. The van der Waals surface area contributed by atoms with Crippen molar-refractivity contribution in [1.29, 1.82) is 0 Å². The molecular weight excluding hydrogens is 396 g/mol. The van der Waals surface area contributed by atoms with E-state index in [-0.39, 0.29) is 30.2 Å². The highest BCUT2D eigenvalue weighted by atomic mass is 19.4. The number of hydrogen-bond acceptors (Lipinski definition) is 5. The fourth-order valence-corrected chi connectivity index (χ4v) is 3.44. The van der Waals surface area contributed by atoms with Gasteiger partial charge in [-0.1, -0.05) is 6.07 Å². The third-order valence-electron chi connectivity index (χ3n) is 5.18. The third-order valence-corrected chi connectivity index (χ3v) is 5.18. The fraction of sp³-hybridized carbons (Fsp3) is 0.529. The van der Waals surface area contributed by atoms with Crippen LogP contribution in [0.2, 0.25) is 0 Å². The highest BCUT2D eigenvalue weighted by Crippen LogP contribution is 2.31. The molecular formula is C17H18F4N6O2.